The molecule has 5 aromatic rings. The van der Waals surface area contributed by atoms with Gasteiger partial charge in [0.1, 0.15) is 5.69 Å². The highest BCUT2D eigenvalue weighted by Gasteiger charge is 2.23. The highest BCUT2D eigenvalue weighted by Crippen LogP contribution is 2.23. The summed E-state index contributed by atoms with van der Waals surface area (Å²) in [7, 11) is 0. The van der Waals surface area contributed by atoms with Gasteiger partial charge in [-0.15, -0.1) is 14.5 Å². The SMILES string of the molecule is Cc1cc(C)n2nc3nc(-c4ccccc4)cc(-c4ccccc4)[n+]3c2n1. The largest absolute Gasteiger partial charge is 0.389 e. The Morgan fingerprint density at radius 3 is 2.15 bits per heavy atom. The number of rotatable bonds is 2. The lowest BCUT2D eigenvalue weighted by molar-refractivity contribution is -0.475. The molecule has 0 aliphatic heterocycles. The van der Waals surface area contributed by atoms with Gasteiger partial charge in [-0.3, -0.25) is 0 Å². The molecule has 0 spiro atoms. The predicted molar refractivity (Wildman–Crippen MR) is 104 cm³/mol. The maximum atomic E-state index is 4.83. The molecule has 5 rings (SSSR count). The van der Waals surface area contributed by atoms with E-state index in [2.05, 4.69) is 30.3 Å². The Labute approximate surface area is 156 Å². The Morgan fingerprint density at radius 2 is 1.44 bits per heavy atom. The Hall–Kier alpha value is -3.60. The zero-order valence-electron chi connectivity index (χ0n) is 15.2. The molecule has 0 bridgehead atoms. The van der Waals surface area contributed by atoms with E-state index in [9.17, 15) is 0 Å². The highest BCUT2D eigenvalue weighted by molar-refractivity contribution is 5.67. The van der Waals surface area contributed by atoms with Crippen molar-refractivity contribution < 1.29 is 4.40 Å². The fourth-order valence-corrected chi connectivity index (χ4v) is 3.45. The van der Waals surface area contributed by atoms with Crippen LogP contribution in [0.1, 0.15) is 11.4 Å². The molecule has 0 aliphatic rings. The molecule has 0 saturated carbocycles. The van der Waals surface area contributed by atoms with Crippen LogP contribution in [0, 0.1) is 13.8 Å². The van der Waals surface area contributed by atoms with Crippen molar-refractivity contribution in [3.05, 3.63) is 84.2 Å². The van der Waals surface area contributed by atoms with Gasteiger partial charge in [0.15, 0.2) is 0 Å². The fourth-order valence-electron chi connectivity index (χ4n) is 3.45. The summed E-state index contributed by atoms with van der Waals surface area (Å²) in [6.45, 7) is 4.04. The second-order valence-corrected chi connectivity index (χ2v) is 6.64. The van der Waals surface area contributed by atoms with Crippen LogP contribution < -0.4 is 4.40 Å². The van der Waals surface area contributed by atoms with Crippen LogP contribution in [0.25, 0.3) is 34.1 Å². The summed E-state index contributed by atoms with van der Waals surface area (Å²) in [6, 6.07) is 24.6. The Kier molecular flexibility index (Phi) is 3.47. The third kappa shape index (κ3) is 2.56. The Balaban J connectivity index is 1.93. The molecule has 0 radical (unpaired) electrons. The van der Waals surface area contributed by atoms with Crippen LogP contribution in [-0.4, -0.2) is 19.6 Å². The number of aryl methyl sites for hydroxylation is 2. The van der Waals surface area contributed by atoms with Gasteiger partial charge in [-0.2, -0.15) is 4.40 Å². The lowest BCUT2D eigenvalue weighted by Gasteiger charge is -2.05. The molecule has 130 valence electrons. The minimum atomic E-state index is 0.636. The van der Waals surface area contributed by atoms with Gasteiger partial charge in [-0.25, -0.2) is 0 Å². The van der Waals surface area contributed by atoms with Crippen LogP contribution in [-0.2, 0) is 0 Å². The molecule has 5 heteroatoms. The smallest absolute Gasteiger partial charge is 0.174 e. The Bertz CT molecular complexity index is 1270. The minimum absolute atomic E-state index is 0.636. The molecule has 0 aliphatic carbocycles. The van der Waals surface area contributed by atoms with Gasteiger partial charge in [0.25, 0.3) is 0 Å². The van der Waals surface area contributed by atoms with Crippen molar-refractivity contribution in [1.82, 2.24) is 19.6 Å². The molecular weight excluding hydrogens is 334 g/mol. The van der Waals surface area contributed by atoms with Crippen LogP contribution in [0.5, 0.6) is 0 Å². The zero-order chi connectivity index (χ0) is 18.4. The van der Waals surface area contributed by atoms with Crippen molar-refractivity contribution in [3.8, 4) is 22.5 Å². The molecular formula is C22H18N5+. The normalized spacial score (nSPS) is 11.3. The van der Waals surface area contributed by atoms with Crippen molar-refractivity contribution in [2.45, 2.75) is 13.8 Å². The third-order valence-corrected chi connectivity index (χ3v) is 4.68. The van der Waals surface area contributed by atoms with Gasteiger partial charge >= 0.3 is 11.6 Å². The molecule has 0 saturated heterocycles. The number of fused-ring (bicyclic) bond motifs is 3. The van der Waals surface area contributed by atoms with Crippen LogP contribution >= 0.6 is 0 Å². The summed E-state index contributed by atoms with van der Waals surface area (Å²) in [5, 5.41) is 4.73. The molecule has 2 aromatic carbocycles. The number of hydrogen-bond acceptors (Lipinski definition) is 3. The summed E-state index contributed by atoms with van der Waals surface area (Å²) in [6.07, 6.45) is 0. The molecule has 3 heterocycles. The standard InChI is InChI=1S/C22H18N5/c1-15-13-16(2)27-22(23-15)26-20(18-11-7-4-8-12-18)14-19(24-21(26)25-27)17-9-5-3-6-10-17/h3-14H,1-2H3/q+1. The second kappa shape index (κ2) is 5.99. The van der Waals surface area contributed by atoms with E-state index in [0.29, 0.717) is 5.78 Å². The first-order valence-corrected chi connectivity index (χ1v) is 8.91. The van der Waals surface area contributed by atoms with Crippen molar-refractivity contribution in [2.75, 3.05) is 0 Å². The van der Waals surface area contributed by atoms with Gasteiger partial charge < -0.3 is 0 Å². The van der Waals surface area contributed by atoms with Gasteiger partial charge in [-0.05, 0) is 13.8 Å². The first kappa shape index (κ1) is 15.6. The number of hydrogen-bond donors (Lipinski definition) is 0. The van der Waals surface area contributed by atoms with E-state index in [4.69, 9.17) is 15.1 Å². The van der Waals surface area contributed by atoms with Crippen LogP contribution in [0.2, 0.25) is 0 Å². The van der Waals surface area contributed by atoms with Crippen LogP contribution in [0.15, 0.2) is 72.8 Å². The first-order chi connectivity index (χ1) is 13.2. The maximum absolute atomic E-state index is 4.83. The maximum Gasteiger partial charge on any atom is 0.389 e. The third-order valence-electron chi connectivity index (χ3n) is 4.68. The summed E-state index contributed by atoms with van der Waals surface area (Å²) in [5.74, 6) is 1.41. The molecule has 27 heavy (non-hydrogen) atoms. The van der Waals surface area contributed by atoms with Gasteiger partial charge in [-0.1, -0.05) is 60.7 Å². The molecule has 3 aromatic heterocycles. The van der Waals surface area contributed by atoms with Gasteiger partial charge in [0.2, 0.25) is 0 Å². The van der Waals surface area contributed by atoms with Crippen molar-refractivity contribution in [2.24, 2.45) is 0 Å². The Morgan fingerprint density at radius 1 is 0.778 bits per heavy atom. The zero-order valence-corrected chi connectivity index (χ0v) is 15.2. The quantitative estimate of drug-likeness (QED) is 0.454. The average molecular weight is 352 g/mol. The lowest BCUT2D eigenvalue weighted by atomic mass is 10.1. The monoisotopic (exact) mass is 352 g/mol. The second-order valence-electron chi connectivity index (χ2n) is 6.64. The van der Waals surface area contributed by atoms with Crippen molar-refractivity contribution >= 4 is 11.6 Å². The summed E-state index contributed by atoms with van der Waals surface area (Å²) < 4.78 is 3.89. The van der Waals surface area contributed by atoms with E-state index in [1.54, 1.807) is 0 Å². The summed E-state index contributed by atoms with van der Waals surface area (Å²) in [4.78, 5) is 9.57. The summed E-state index contributed by atoms with van der Waals surface area (Å²) in [5.41, 5.74) is 6.07. The van der Waals surface area contributed by atoms with E-state index in [-0.39, 0.29) is 0 Å². The van der Waals surface area contributed by atoms with Crippen LogP contribution in [0.3, 0.4) is 0 Å². The molecule has 0 amide bonds. The van der Waals surface area contributed by atoms with Crippen molar-refractivity contribution in [3.63, 3.8) is 0 Å². The molecule has 0 N–H and O–H groups in total. The average Bonchev–Trinajstić information content (AvgIpc) is 3.07. The summed E-state index contributed by atoms with van der Waals surface area (Å²) >= 11 is 0. The van der Waals surface area contributed by atoms with E-state index in [0.717, 1.165) is 39.7 Å². The van der Waals surface area contributed by atoms with Gasteiger partial charge in [0.05, 0.1) is 17.1 Å². The molecule has 0 atom stereocenters. The van der Waals surface area contributed by atoms with E-state index in [1.807, 2.05) is 65.2 Å². The molecule has 0 unspecified atom stereocenters. The predicted octanol–water partition coefficient (Wildman–Crippen LogP) is 3.81. The fraction of sp³-hybridized carbons (Fsp3) is 0.0909. The number of aromatic nitrogens is 5. The van der Waals surface area contributed by atoms with E-state index in [1.165, 1.54) is 0 Å². The topological polar surface area (TPSA) is 47.2 Å². The first-order valence-electron chi connectivity index (χ1n) is 8.91. The van der Waals surface area contributed by atoms with Crippen LogP contribution in [0.4, 0.5) is 0 Å². The van der Waals surface area contributed by atoms with E-state index < -0.39 is 0 Å². The number of benzene rings is 2. The number of nitrogens with zero attached hydrogens (tertiary/aromatic N) is 5. The van der Waals surface area contributed by atoms with E-state index >= 15 is 0 Å². The molecule has 5 nitrogen and oxygen atoms in total. The molecule has 0 fully saturated rings. The van der Waals surface area contributed by atoms with Gasteiger partial charge in [0, 0.05) is 28.4 Å². The van der Waals surface area contributed by atoms with Crippen molar-refractivity contribution in [1.29, 1.82) is 0 Å². The lowest BCUT2D eigenvalue weighted by Crippen LogP contribution is -2.26. The minimum Gasteiger partial charge on any atom is -0.174 e. The highest BCUT2D eigenvalue weighted by atomic mass is 15.4.